The van der Waals surface area contributed by atoms with Crippen LogP contribution in [0, 0.1) is 10.1 Å². The molecule has 0 aliphatic heterocycles. The number of hydrogen-bond acceptors (Lipinski definition) is 5. The van der Waals surface area contributed by atoms with Crippen LogP contribution in [0.5, 0.6) is 0 Å². The number of aliphatic hydroxyl groups is 1. The Morgan fingerprint density at radius 1 is 0.971 bits per heavy atom. The standard InChI is InChI=1S/C25H20N4O5/c1-26-10-18(16-5-3-4-6-21(16)26)20-12-28(14-31)25(23(32)13-30)24(20)19-11-27(2)22-9-15(29(33)34)7-8-17(19)22/h3-13,31H,14H2,1-2H3. The summed E-state index contributed by atoms with van der Waals surface area (Å²) in [5.74, 6) is -0.769. The minimum atomic E-state index is -0.769. The number of aryl methyl sites for hydroxylation is 2. The average Bonchev–Trinajstić information content (AvgIpc) is 3.49. The number of rotatable bonds is 6. The lowest BCUT2D eigenvalue weighted by atomic mass is 9.95. The van der Waals surface area contributed by atoms with Crippen LogP contribution in [0.4, 0.5) is 5.69 Å². The molecule has 1 N–H and O–H groups in total. The van der Waals surface area contributed by atoms with E-state index in [2.05, 4.69) is 0 Å². The monoisotopic (exact) mass is 456 g/mol. The summed E-state index contributed by atoms with van der Waals surface area (Å²) in [7, 11) is 3.68. The van der Waals surface area contributed by atoms with Gasteiger partial charge in [-0.3, -0.25) is 19.7 Å². The predicted molar refractivity (Wildman–Crippen MR) is 128 cm³/mol. The van der Waals surface area contributed by atoms with Crippen LogP contribution in [0.1, 0.15) is 10.5 Å². The first-order valence-electron chi connectivity index (χ1n) is 10.5. The minimum absolute atomic E-state index is 0.0494. The Labute approximate surface area is 193 Å². The number of aliphatic hydroxyl groups excluding tert-OH is 1. The maximum atomic E-state index is 12.8. The molecule has 0 saturated heterocycles. The van der Waals surface area contributed by atoms with Crippen molar-refractivity contribution in [2.75, 3.05) is 0 Å². The number of fused-ring (bicyclic) bond motifs is 2. The number of aldehydes is 1. The van der Waals surface area contributed by atoms with Crippen LogP contribution in [0.15, 0.2) is 61.1 Å². The fraction of sp³-hybridized carbons (Fsp3) is 0.120. The molecule has 9 nitrogen and oxygen atoms in total. The number of nitrogens with zero attached hydrogens (tertiary/aromatic N) is 4. The molecular weight excluding hydrogens is 436 g/mol. The Kier molecular flexibility index (Phi) is 4.91. The van der Waals surface area contributed by atoms with Crippen molar-refractivity contribution < 1.29 is 19.6 Å². The van der Waals surface area contributed by atoms with E-state index in [9.17, 15) is 24.8 Å². The third-order valence-corrected chi connectivity index (χ3v) is 6.21. The quantitative estimate of drug-likeness (QED) is 0.136. The number of ketones is 1. The number of nitro benzene ring substituents is 1. The van der Waals surface area contributed by atoms with E-state index in [1.54, 1.807) is 30.1 Å². The van der Waals surface area contributed by atoms with Crippen molar-refractivity contribution in [3.05, 3.63) is 76.9 Å². The fourth-order valence-electron chi connectivity index (χ4n) is 4.71. The highest BCUT2D eigenvalue weighted by molar-refractivity contribution is 6.35. The molecule has 0 amide bonds. The van der Waals surface area contributed by atoms with Crippen LogP contribution in [0.3, 0.4) is 0 Å². The summed E-state index contributed by atoms with van der Waals surface area (Å²) in [5.41, 5.74) is 4.22. The van der Waals surface area contributed by atoms with Crippen molar-refractivity contribution in [3.63, 3.8) is 0 Å². The molecule has 9 heteroatoms. The van der Waals surface area contributed by atoms with Crippen molar-refractivity contribution in [1.82, 2.24) is 13.7 Å². The number of hydrogen-bond donors (Lipinski definition) is 1. The smallest absolute Gasteiger partial charge is 0.271 e. The molecular formula is C25H20N4O5. The fourth-order valence-corrected chi connectivity index (χ4v) is 4.71. The summed E-state index contributed by atoms with van der Waals surface area (Å²) in [6.45, 7) is -0.497. The number of nitro groups is 1. The normalized spacial score (nSPS) is 11.4. The summed E-state index contributed by atoms with van der Waals surface area (Å²) in [6.07, 6.45) is 5.61. The highest BCUT2D eigenvalue weighted by Gasteiger charge is 2.27. The zero-order valence-corrected chi connectivity index (χ0v) is 18.4. The van der Waals surface area contributed by atoms with Gasteiger partial charge in [0.1, 0.15) is 12.4 Å². The Bertz CT molecular complexity index is 1640. The largest absolute Gasteiger partial charge is 0.376 e. The summed E-state index contributed by atoms with van der Waals surface area (Å²) >= 11 is 0. The number of Topliss-reactive ketones (excluding diaryl/α,β-unsaturated/α-hetero) is 1. The second-order valence-electron chi connectivity index (χ2n) is 8.14. The first-order chi connectivity index (χ1) is 16.3. The van der Waals surface area contributed by atoms with Gasteiger partial charge in [0, 0.05) is 83.4 Å². The van der Waals surface area contributed by atoms with Gasteiger partial charge in [-0.15, -0.1) is 0 Å². The zero-order valence-electron chi connectivity index (χ0n) is 18.4. The highest BCUT2D eigenvalue weighted by atomic mass is 16.6. The third kappa shape index (κ3) is 3.06. The van der Waals surface area contributed by atoms with Gasteiger partial charge in [0.05, 0.1) is 10.4 Å². The predicted octanol–water partition coefficient (Wildman–Crippen LogP) is 4.05. The van der Waals surface area contributed by atoms with Gasteiger partial charge >= 0.3 is 0 Å². The third-order valence-electron chi connectivity index (χ3n) is 6.21. The van der Waals surface area contributed by atoms with Crippen molar-refractivity contribution >= 4 is 39.6 Å². The van der Waals surface area contributed by atoms with Gasteiger partial charge in [0.2, 0.25) is 5.78 Å². The molecule has 2 aromatic carbocycles. The van der Waals surface area contributed by atoms with E-state index in [1.165, 1.54) is 16.7 Å². The lowest BCUT2D eigenvalue weighted by Crippen LogP contribution is -2.10. The van der Waals surface area contributed by atoms with E-state index in [0.29, 0.717) is 27.6 Å². The van der Waals surface area contributed by atoms with Crippen LogP contribution in [0.2, 0.25) is 0 Å². The lowest BCUT2D eigenvalue weighted by molar-refractivity contribution is -0.384. The summed E-state index contributed by atoms with van der Waals surface area (Å²) in [6, 6.07) is 12.3. The SMILES string of the molecule is Cn1cc(-c2cn(CO)c(C(=O)C=O)c2-c2cn(C)c3cc([N+](=O)[O-])ccc23)c2ccccc21. The van der Waals surface area contributed by atoms with Gasteiger partial charge < -0.3 is 18.8 Å². The molecule has 0 unspecified atom stereocenters. The number of benzene rings is 2. The van der Waals surface area contributed by atoms with Gasteiger partial charge in [-0.05, 0) is 12.1 Å². The number of carbonyl (C=O) groups is 2. The average molecular weight is 456 g/mol. The molecule has 3 heterocycles. The first-order valence-corrected chi connectivity index (χ1v) is 10.5. The van der Waals surface area contributed by atoms with Crippen LogP contribution < -0.4 is 0 Å². The summed E-state index contributed by atoms with van der Waals surface area (Å²) < 4.78 is 5.07. The number of non-ortho nitro benzene ring substituents is 1. The van der Waals surface area contributed by atoms with E-state index >= 15 is 0 Å². The van der Waals surface area contributed by atoms with Crippen molar-refractivity contribution in [2.24, 2.45) is 14.1 Å². The van der Waals surface area contributed by atoms with Gasteiger partial charge in [0.25, 0.3) is 5.69 Å². The molecule has 5 aromatic rings. The van der Waals surface area contributed by atoms with Gasteiger partial charge in [-0.25, -0.2) is 0 Å². The summed E-state index contributed by atoms with van der Waals surface area (Å²) in [4.78, 5) is 35.2. The van der Waals surface area contributed by atoms with Crippen LogP contribution in [-0.2, 0) is 25.6 Å². The van der Waals surface area contributed by atoms with Crippen LogP contribution >= 0.6 is 0 Å². The highest BCUT2D eigenvalue weighted by Crippen LogP contribution is 2.43. The molecule has 0 aliphatic carbocycles. The van der Waals surface area contributed by atoms with Crippen LogP contribution in [-0.4, -0.2) is 35.8 Å². The maximum Gasteiger partial charge on any atom is 0.271 e. The van der Waals surface area contributed by atoms with Crippen LogP contribution in [0.25, 0.3) is 44.1 Å². The Morgan fingerprint density at radius 3 is 2.35 bits per heavy atom. The van der Waals surface area contributed by atoms with E-state index in [0.717, 1.165) is 16.5 Å². The molecule has 0 aliphatic rings. The number of carbonyl (C=O) groups excluding carboxylic acids is 2. The number of aromatic nitrogens is 3. The zero-order chi connectivity index (χ0) is 24.1. The van der Waals surface area contributed by atoms with E-state index in [-0.39, 0.29) is 17.7 Å². The second kappa shape index (κ2) is 7.82. The van der Waals surface area contributed by atoms with E-state index < -0.39 is 17.4 Å². The van der Waals surface area contributed by atoms with E-state index in [1.807, 2.05) is 42.1 Å². The van der Waals surface area contributed by atoms with E-state index in [4.69, 9.17) is 0 Å². The molecule has 170 valence electrons. The number of para-hydroxylation sites is 1. The molecule has 0 atom stereocenters. The molecule has 3 aromatic heterocycles. The van der Waals surface area contributed by atoms with Gasteiger partial charge in [-0.1, -0.05) is 18.2 Å². The first kappa shape index (κ1) is 21.4. The maximum absolute atomic E-state index is 12.8. The Balaban J connectivity index is 1.90. The topological polar surface area (TPSA) is 112 Å². The summed E-state index contributed by atoms with van der Waals surface area (Å²) in [5, 5.41) is 23.0. The minimum Gasteiger partial charge on any atom is -0.376 e. The second-order valence-corrected chi connectivity index (χ2v) is 8.14. The van der Waals surface area contributed by atoms with Gasteiger partial charge in [0.15, 0.2) is 6.29 Å². The molecule has 5 rings (SSSR count). The molecule has 0 bridgehead atoms. The van der Waals surface area contributed by atoms with Crippen molar-refractivity contribution in [2.45, 2.75) is 6.73 Å². The Morgan fingerprint density at radius 2 is 1.65 bits per heavy atom. The van der Waals surface area contributed by atoms with Gasteiger partial charge in [-0.2, -0.15) is 0 Å². The molecule has 0 radical (unpaired) electrons. The molecule has 0 spiro atoms. The molecule has 34 heavy (non-hydrogen) atoms. The Hall–Kier alpha value is -4.50. The molecule has 0 saturated carbocycles. The lowest BCUT2D eigenvalue weighted by Gasteiger charge is -2.07. The van der Waals surface area contributed by atoms with Crippen molar-refractivity contribution in [3.8, 4) is 22.3 Å². The molecule has 0 fully saturated rings. The van der Waals surface area contributed by atoms with Crippen molar-refractivity contribution in [1.29, 1.82) is 0 Å².